The van der Waals surface area contributed by atoms with Gasteiger partial charge in [-0.25, -0.2) is 0 Å². The zero-order chi connectivity index (χ0) is 22.4. The van der Waals surface area contributed by atoms with E-state index in [0.717, 1.165) is 6.26 Å². The van der Waals surface area contributed by atoms with Crippen LogP contribution in [0.2, 0.25) is 0 Å². The number of ether oxygens (including phenoxy) is 2. The average molecular weight is 449 g/mol. The predicted octanol–water partition coefficient (Wildman–Crippen LogP) is -2.98. The lowest BCUT2D eigenvalue weighted by atomic mass is 9.84. The van der Waals surface area contributed by atoms with Crippen LogP contribution in [-0.2, 0) is 33.4 Å². The summed E-state index contributed by atoms with van der Waals surface area (Å²) >= 11 is 0. The maximum absolute atomic E-state index is 13.0. The highest BCUT2D eigenvalue weighted by molar-refractivity contribution is 7.86. The molecular weight excluding hydrogens is 422 g/mol. The molecule has 4 atom stereocenters. The summed E-state index contributed by atoms with van der Waals surface area (Å²) in [5, 5.41) is 26.2. The quantitative estimate of drug-likeness (QED) is 0.243. The fraction of sp³-hybridized carbons (Fsp3) is 0.765. The van der Waals surface area contributed by atoms with Gasteiger partial charge in [-0.15, -0.1) is 0 Å². The number of nitrogens with zero attached hydrogens (tertiary/aromatic N) is 1. The molecule has 170 valence electrons. The van der Waals surface area contributed by atoms with Gasteiger partial charge in [0.25, 0.3) is 27.7 Å². The molecule has 4 saturated heterocycles. The molecule has 4 aliphatic rings. The van der Waals surface area contributed by atoms with Crippen LogP contribution in [0.4, 0.5) is 0 Å². The van der Waals surface area contributed by atoms with Crippen LogP contribution in [0.5, 0.6) is 0 Å². The summed E-state index contributed by atoms with van der Waals surface area (Å²) in [7, 11) is -4.21. The lowest BCUT2D eigenvalue weighted by Crippen LogP contribution is -2.83. The zero-order valence-electron chi connectivity index (χ0n) is 16.8. The first kappa shape index (κ1) is 23.1. The fourth-order valence-electron chi connectivity index (χ4n) is 3.84. The van der Waals surface area contributed by atoms with Crippen LogP contribution in [0.3, 0.4) is 0 Å². The second-order valence-electron chi connectivity index (χ2n) is 7.98. The first-order chi connectivity index (χ1) is 13.8. The van der Waals surface area contributed by atoms with Gasteiger partial charge in [0, 0.05) is 19.6 Å². The number of amides is 2. The number of carbonyl (C=O) groups is 2. The fourth-order valence-corrected chi connectivity index (χ4v) is 4.53. The van der Waals surface area contributed by atoms with Crippen LogP contribution in [0.25, 0.3) is 0 Å². The van der Waals surface area contributed by atoms with Gasteiger partial charge in [-0.1, -0.05) is 6.58 Å². The number of piperazine rings is 1. The summed E-state index contributed by atoms with van der Waals surface area (Å²) in [6.07, 6.45) is -1.10. The third-order valence-corrected chi connectivity index (χ3v) is 5.90. The molecule has 0 radical (unpaired) electrons. The van der Waals surface area contributed by atoms with Gasteiger partial charge in [-0.3, -0.25) is 18.7 Å². The first-order valence-electron chi connectivity index (χ1n) is 9.41. The number of β-amino-alcohol motifs (C(OH)–C–C–N with tert-alkyl or cyclic N) is 1. The second kappa shape index (κ2) is 7.82. The minimum Gasteiger partial charge on any atom is -0.386 e. The first-order valence-corrected chi connectivity index (χ1v) is 11.2. The third-order valence-electron chi connectivity index (χ3n) is 5.36. The molecule has 30 heavy (non-hydrogen) atoms. The van der Waals surface area contributed by atoms with Crippen LogP contribution < -0.4 is 10.6 Å². The summed E-state index contributed by atoms with van der Waals surface area (Å²) in [5.41, 5.74) is -6.75. The summed E-state index contributed by atoms with van der Waals surface area (Å²) < 4.78 is 40.1. The molecule has 4 N–H and O–H groups in total. The molecule has 0 spiro atoms. The maximum atomic E-state index is 13.0. The van der Waals surface area contributed by atoms with Gasteiger partial charge in [-0.2, -0.15) is 8.42 Å². The number of hydrogen-bond acceptors (Lipinski definition) is 10. The van der Waals surface area contributed by atoms with Crippen LogP contribution in [-0.4, -0.2) is 104 Å². The monoisotopic (exact) mass is 449 g/mol. The molecule has 4 rings (SSSR count). The molecule has 13 heteroatoms. The van der Waals surface area contributed by atoms with E-state index in [0.29, 0.717) is 26.3 Å². The Morgan fingerprint density at radius 1 is 1.27 bits per heavy atom. The Kier molecular flexibility index (Phi) is 6.01. The number of morpholine rings is 1. The Balaban J connectivity index is 2.02. The van der Waals surface area contributed by atoms with Gasteiger partial charge >= 0.3 is 0 Å². The van der Waals surface area contributed by atoms with E-state index in [2.05, 4.69) is 17.2 Å². The van der Waals surface area contributed by atoms with Gasteiger partial charge in [-0.05, 0) is 18.9 Å². The third kappa shape index (κ3) is 4.23. The highest BCUT2D eigenvalue weighted by Gasteiger charge is 2.65. The Hall–Kier alpha value is -1.61. The Bertz CT molecular complexity index is 839. The number of carbonyl (C=O) groups excluding carboxylic acids is 2. The smallest absolute Gasteiger partial charge is 0.280 e. The van der Waals surface area contributed by atoms with Crippen molar-refractivity contribution >= 4 is 21.9 Å². The molecule has 0 aromatic rings. The van der Waals surface area contributed by atoms with Crippen LogP contribution in [0.15, 0.2) is 12.2 Å². The number of rotatable bonds is 6. The average Bonchev–Trinajstić information content (AvgIpc) is 2.63. The molecule has 0 aromatic carbocycles. The van der Waals surface area contributed by atoms with E-state index < -0.39 is 45.1 Å². The molecule has 2 amide bonds. The zero-order valence-corrected chi connectivity index (χ0v) is 17.7. The standard InChI is InChI=1S/C17H27N3O9S/c1-11-4-7-28-17(14(22)18-16(11,24)13(21)19-17)12(29-30(3,25)26)15(2,23)10-20-5-8-27-9-6-20/h12,23-24H,1,4-10H2,2-3H3,(H,18,22)(H,19,21)/t12-,15-,16+,17-/m0/s1. The molecule has 0 unspecified atom stereocenters. The van der Waals surface area contributed by atoms with E-state index in [1.54, 1.807) is 0 Å². The summed E-state index contributed by atoms with van der Waals surface area (Å²) in [5.74, 6) is -2.14. The van der Waals surface area contributed by atoms with Crippen molar-refractivity contribution in [1.29, 1.82) is 0 Å². The molecule has 4 fully saturated rings. The van der Waals surface area contributed by atoms with Crippen molar-refractivity contribution < 1.29 is 41.9 Å². The normalized spacial score (nSPS) is 33.8. The van der Waals surface area contributed by atoms with E-state index in [-0.39, 0.29) is 25.1 Å². The van der Waals surface area contributed by atoms with Gasteiger partial charge < -0.3 is 30.3 Å². The molecule has 12 nitrogen and oxygen atoms in total. The highest BCUT2D eigenvalue weighted by atomic mass is 32.2. The second-order valence-corrected chi connectivity index (χ2v) is 9.58. The van der Waals surface area contributed by atoms with Gasteiger partial charge in [0.15, 0.2) is 6.10 Å². The van der Waals surface area contributed by atoms with E-state index in [1.807, 2.05) is 4.90 Å². The minimum absolute atomic E-state index is 0.00214. The van der Waals surface area contributed by atoms with E-state index in [1.165, 1.54) is 6.92 Å². The summed E-state index contributed by atoms with van der Waals surface area (Å²) in [6.45, 7) is 6.37. The molecule has 0 aromatic heterocycles. The predicted molar refractivity (Wildman–Crippen MR) is 101 cm³/mol. The molecule has 2 bridgehead atoms. The van der Waals surface area contributed by atoms with Crippen LogP contribution in [0, 0.1) is 0 Å². The molecule has 4 heterocycles. The topological polar surface area (TPSA) is 164 Å². The number of aliphatic hydroxyl groups is 2. The Morgan fingerprint density at radius 2 is 1.90 bits per heavy atom. The van der Waals surface area contributed by atoms with Crippen molar-refractivity contribution in [2.45, 2.75) is 36.5 Å². The number of nitrogens with one attached hydrogen (secondary N) is 2. The summed E-state index contributed by atoms with van der Waals surface area (Å²) in [6, 6.07) is 0. The number of fused-ring (bicyclic) bond motifs is 5. The Morgan fingerprint density at radius 3 is 2.50 bits per heavy atom. The van der Waals surface area contributed by atoms with Crippen molar-refractivity contribution in [2.75, 3.05) is 45.7 Å². The molecular formula is C17H27N3O9S. The van der Waals surface area contributed by atoms with Crippen LogP contribution in [0.1, 0.15) is 13.3 Å². The van der Waals surface area contributed by atoms with Gasteiger partial charge in [0.05, 0.1) is 26.1 Å². The maximum Gasteiger partial charge on any atom is 0.280 e. The van der Waals surface area contributed by atoms with Crippen molar-refractivity contribution in [3.8, 4) is 0 Å². The largest absolute Gasteiger partial charge is 0.386 e. The van der Waals surface area contributed by atoms with E-state index in [9.17, 15) is 28.2 Å². The van der Waals surface area contributed by atoms with E-state index in [4.69, 9.17) is 13.7 Å². The minimum atomic E-state index is -4.21. The van der Waals surface area contributed by atoms with E-state index >= 15 is 0 Å². The molecule has 0 saturated carbocycles. The van der Waals surface area contributed by atoms with Crippen LogP contribution >= 0.6 is 0 Å². The van der Waals surface area contributed by atoms with Gasteiger partial charge in [0.1, 0.15) is 5.60 Å². The molecule has 0 aliphatic carbocycles. The van der Waals surface area contributed by atoms with Crippen molar-refractivity contribution in [3.63, 3.8) is 0 Å². The Labute approximate surface area is 174 Å². The van der Waals surface area contributed by atoms with Crippen molar-refractivity contribution in [1.82, 2.24) is 15.5 Å². The highest BCUT2D eigenvalue weighted by Crippen LogP contribution is 2.35. The summed E-state index contributed by atoms with van der Waals surface area (Å²) in [4.78, 5) is 27.5. The number of hydrogen-bond donors (Lipinski definition) is 4. The lowest BCUT2D eigenvalue weighted by molar-refractivity contribution is -0.222. The SMILES string of the molecule is C=C1CCO[C@]2([C@@H](OS(C)(=O)=O)[C@@](C)(O)CN3CCOCC3)NC(=O)[C@@]1(O)NC2=O. The van der Waals surface area contributed by atoms with Gasteiger partial charge in [0.2, 0.25) is 5.72 Å². The molecule has 4 aliphatic heterocycles. The van der Waals surface area contributed by atoms with Crippen molar-refractivity contribution in [3.05, 3.63) is 12.2 Å². The van der Waals surface area contributed by atoms with Crippen molar-refractivity contribution in [2.24, 2.45) is 0 Å². The lowest BCUT2D eigenvalue weighted by Gasteiger charge is -2.51.